The number of carbonyl (C=O) groups excluding carboxylic acids is 1. The summed E-state index contributed by atoms with van der Waals surface area (Å²) in [5.41, 5.74) is 0.452. The molecule has 0 fully saturated rings. The number of ether oxygens (including phenoxy) is 1. The van der Waals surface area contributed by atoms with Crippen molar-refractivity contribution in [3.8, 4) is 5.75 Å². The molecule has 1 aromatic carbocycles. The maximum absolute atomic E-state index is 11.1. The Morgan fingerprint density at radius 1 is 1.54 bits per heavy atom. The van der Waals surface area contributed by atoms with Crippen molar-refractivity contribution in [1.29, 1.82) is 0 Å². The number of ketones is 1. The Labute approximate surface area is 86.4 Å². The molecule has 0 radical (unpaired) electrons. The van der Waals surface area contributed by atoms with Crippen LogP contribution in [-0.2, 0) is 0 Å². The van der Waals surface area contributed by atoms with Crippen molar-refractivity contribution in [2.24, 2.45) is 0 Å². The summed E-state index contributed by atoms with van der Waals surface area (Å²) in [7, 11) is 0. The van der Waals surface area contributed by atoms with E-state index in [0.29, 0.717) is 16.3 Å². The fourth-order valence-corrected chi connectivity index (χ4v) is 1.25. The standard InChI is InChI=1S/C9H8Cl2O2/c1-6(12)8-4-7(11)2-3-9(8)13-5-10/h2-4H,5H2,1H3. The summed E-state index contributed by atoms with van der Waals surface area (Å²) < 4.78 is 5.04. The molecule has 0 unspecified atom stereocenters. The van der Waals surface area contributed by atoms with Crippen LogP contribution in [0.4, 0.5) is 0 Å². The van der Waals surface area contributed by atoms with Crippen LogP contribution >= 0.6 is 23.2 Å². The van der Waals surface area contributed by atoms with Crippen LogP contribution in [0.25, 0.3) is 0 Å². The highest BCUT2D eigenvalue weighted by molar-refractivity contribution is 6.31. The SMILES string of the molecule is CC(=O)c1cc(Cl)ccc1OCCl. The Balaban J connectivity index is 3.10. The van der Waals surface area contributed by atoms with Crippen molar-refractivity contribution in [2.75, 3.05) is 6.07 Å². The molecule has 2 nitrogen and oxygen atoms in total. The molecule has 0 aliphatic carbocycles. The van der Waals surface area contributed by atoms with Gasteiger partial charge in [-0.3, -0.25) is 4.79 Å². The molecule has 1 aromatic rings. The van der Waals surface area contributed by atoms with Gasteiger partial charge in [0.2, 0.25) is 0 Å². The van der Waals surface area contributed by atoms with Crippen molar-refractivity contribution in [1.82, 2.24) is 0 Å². The number of rotatable bonds is 3. The van der Waals surface area contributed by atoms with Crippen LogP contribution in [0.5, 0.6) is 5.75 Å². The lowest BCUT2D eigenvalue weighted by atomic mass is 10.1. The van der Waals surface area contributed by atoms with Crippen molar-refractivity contribution in [3.63, 3.8) is 0 Å². The molecule has 0 heterocycles. The van der Waals surface area contributed by atoms with E-state index in [1.54, 1.807) is 18.2 Å². The summed E-state index contributed by atoms with van der Waals surface area (Å²) in [6.07, 6.45) is 0. The summed E-state index contributed by atoms with van der Waals surface area (Å²) in [6.45, 7) is 1.45. The van der Waals surface area contributed by atoms with E-state index < -0.39 is 0 Å². The lowest BCUT2D eigenvalue weighted by Gasteiger charge is -2.06. The van der Waals surface area contributed by atoms with E-state index in [4.69, 9.17) is 27.9 Å². The minimum atomic E-state index is -0.0948. The van der Waals surface area contributed by atoms with E-state index in [2.05, 4.69) is 0 Å². The van der Waals surface area contributed by atoms with Crippen LogP contribution in [0.15, 0.2) is 18.2 Å². The number of hydrogen-bond donors (Lipinski definition) is 0. The maximum Gasteiger partial charge on any atom is 0.163 e. The summed E-state index contributed by atoms with van der Waals surface area (Å²) in [4.78, 5) is 11.1. The second-order valence-electron chi connectivity index (χ2n) is 2.45. The van der Waals surface area contributed by atoms with Crippen molar-refractivity contribution >= 4 is 29.0 Å². The zero-order valence-corrected chi connectivity index (χ0v) is 8.52. The molecule has 4 heteroatoms. The first kappa shape index (κ1) is 10.4. The van der Waals surface area contributed by atoms with Gasteiger partial charge < -0.3 is 4.74 Å². The number of hydrogen-bond acceptors (Lipinski definition) is 2. The van der Waals surface area contributed by atoms with E-state index in [1.165, 1.54) is 6.92 Å². The highest BCUT2D eigenvalue weighted by Gasteiger charge is 2.08. The predicted molar refractivity (Wildman–Crippen MR) is 52.8 cm³/mol. The molecule has 0 saturated heterocycles. The fraction of sp³-hybridized carbons (Fsp3) is 0.222. The first-order valence-electron chi connectivity index (χ1n) is 3.64. The predicted octanol–water partition coefficient (Wildman–Crippen LogP) is 3.12. The third kappa shape index (κ3) is 2.61. The second-order valence-corrected chi connectivity index (χ2v) is 3.10. The van der Waals surface area contributed by atoms with Gasteiger partial charge in [-0.05, 0) is 25.1 Å². The van der Waals surface area contributed by atoms with Crippen molar-refractivity contribution < 1.29 is 9.53 Å². The number of halogens is 2. The monoisotopic (exact) mass is 218 g/mol. The Morgan fingerprint density at radius 2 is 2.23 bits per heavy atom. The summed E-state index contributed by atoms with van der Waals surface area (Å²) in [5, 5.41) is 0.507. The van der Waals surface area contributed by atoms with E-state index in [-0.39, 0.29) is 11.8 Å². The van der Waals surface area contributed by atoms with E-state index in [9.17, 15) is 4.79 Å². The molecule has 0 aromatic heterocycles. The molecule has 0 aliphatic heterocycles. The zero-order chi connectivity index (χ0) is 9.84. The maximum atomic E-state index is 11.1. The van der Waals surface area contributed by atoms with Crippen molar-refractivity contribution in [3.05, 3.63) is 28.8 Å². The molecule has 1 rings (SSSR count). The summed E-state index contributed by atoms with van der Waals surface area (Å²) >= 11 is 11.1. The number of carbonyl (C=O) groups is 1. The van der Waals surface area contributed by atoms with Gasteiger partial charge in [0.25, 0.3) is 0 Å². The van der Waals surface area contributed by atoms with Gasteiger partial charge in [0.05, 0.1) is 5.56 Å². The van der Waals surface area contributed by atoms with Gasteiger partial charge in [-0.25, -0.2) is 0 Å². The second kappa shape index (κ2) is 4.49. The lowest BCUT2D eigenvalue weighted by Crippen LogP contribution is -1.99. The van der Waals surface area contributed by atoms with Gasteiger partial charge in [-0.15, -0.1) is 0 Å². The van der Waals surface area contributed by atoms with Gasteiger partial charge in [0, 0.05) is 5.02 Å². The molecule has 0 N–H and O–H groups in total. The van der Waals surface area contributed by atoms with Crippen LogP contribution in [0.1, 0.15) is 17.3 Å². The number of benzene rings is 1. The molecule has 0 amide bonds. The average molecular weight is 219 g/mol. The topological polar surface area (TPSA) is 26.3 Å². The molecule has 0 aliphatic rings. The van der Waals surface area contributed by atoms with Crippen LogP contribution < -0.4 is 4.74 Å². The molecular formula is C9H8Cl2O2. The molecule has 70 valence electrons. The molecule has 0 saturated carbocycles. The quantitative estimate of drug-likeness (QED) is 0.576. The first-order chi connectivity index (χ1) is 6.15. The average Bonchev–Trinajstić information content (AvgIpc) is 2.08. The van der Waals surface area contributed by atoms with Crippen LogP contribution in [0.3, 0.4) is 0 Å². The van der Waals surface area contributed by atoms with Gasteiger partial charge >= 0.3 is 0 Å². The van der Waals surface area contributed by atoms with Gasteiger partial charge in [0.1, 0.15) is 5.75 Å². The number of alkyl halides is 1. The van der Waals surface area contributed by atoms with Gasteiger partial charge in [0.15, 0.2) is 11.8 Å². The fourth-order valence-electron chi connectivity index (χ4n) is 0.962. The number of Topliss-reactive ketones (excluding diaryl/α,β-unsaturated/α-hetero) is 1. The Bertz CT molecular complexity index is 323. The van der Waals surface area contributed by atoms with Crippen molar-refractivity contribution in [2.45, 2.75) is 6.92 Å². The smallest absolute Gasteiger partial charge is 0.163 e. The van der Waals surface area contributed by atoms with Crippen LogP contribution in [0.2, 0.25) is 5.02 Å². The van der Waals surface area contributed by atoms with E-state index in [0.717, 1.165) is 0 Å². The van der Waals surface area contributed by atoms with Crippen LogP contribution in [0, 0.1) is 0 Å². The van der Waals surface area contributed by atoms with Gasteiger partial charge in [-0.2, -0.15) is 0 Å². The molecule has 0 spiro atoms. The highest BCUT2D eigenvalue weighted by Crippen LogP contribution is 2.23. The zero-order valence-electron chi connectivity index (χ0n) is 7.01. The normalized spacial score (nSPS) is 9.77. The Kier molecular flexibility index (Phi) is 3.58. The summed E-state index contributed by atoms with van der Waals surface area (Å²) in [5.74, 6) is 0.370. The van der Waals surface area contributed by atoms with Gasteiger partial charge in [-0.1, -0.05) is 23.2 Å². The first-order valence-corrected chi connectivity index (χ1v) is 4.55. The summed E-state index contributed by atoms with van der Waals surface area (Å²) in [6, 6.07) is 4.85. The third-order valence-electron chi connectivity index (χ3n) is 1.53. The minimum Gasteiger partial charge on any atom is -0.477 e. The molecular weight excluding hydrogens is 211 g/mol. The van der Waals surface area contributed by atoms with E-state index in [1.807, 2.05) is 0 Å². The largest absolute Gasteiger partial charge is 0.477 e. The highest BCUT2D eigenvalue weighted by atomic mass is 35.5. The lowest BCUT2D eigenvalue weighted by molar-refractivity contribution is 0.101. The molecule has 0 bridgehead atoms. The van der Waals surface area contributed by atoms with Crippen LogP contribution in [-0.4, -0.2) is 11.8 Å². The van der Waals surface area contributed by atoms with E-state index >= 15 is 0 Å². The third-order valence-corrected chi connectivity index (χ3v) is 1.88. The minimum absolute atomic E-state index is 0.0158. The molecule has 0 atom stereocenters. The Morgan fingerprint density at radius 3 is 2.77 bits per heavy atom. The Hall–Kier alpha value is -0.730. The molecule has 13 heavy (non-hydrogen) atoms.